The van der Waals surface area contributed by atoms with Gasteiger partial charge in [0.15, 0.2) is 0 Å². The molecule has 0 saturated carbocycles. The summed E-state index contributed by atoms with van der Waals surface area (Å²) in [6.07, 6.45) is 2.56. The van der Waals surface area contributed by atoms with Crippen LogP contribution in [0.2, 0.25) is 0 Å². The smallest absolute Gasteiger partial charge is 0.316 e. The Labute approximate surface area is 88.2 Å². The predicted molar refractivity (Wildman–Crippen MR) is 52.7 cm³/mol. The molecule has 0 aliphatic carbocycles. The number of hydrogen-bond donors (Lipinski definition) is 0. The van der Waals surface area contributed by atoms with Crippen LogP contribution in [0.1, 0.15) is 26.7 Å². The highest BCUT2D eigenvalue weighted by atomic mass is 79.9. The van der Waals surface area contributed by atoms with Crippen LogP contribution in [0.3, 0.4) is 0 Å². The largest absolute Gasteiger partial charge is 0.381 e. The quantitative estimate of drug-likeness (QED) is 0.447. The summed E-state index contributed by atoms with van der Waals surface area (Å²) in [6.45, 7) is 6.17. The third-order valence-electron chi connectivity index (χ3n) is 0.827. The fourth-order valence-electron chi connectivity index (χ4n) is 0.510. The van der Waals surface area contributed by atoms with E-state index in [1.165, 1.54) is 12.8 Å². The van der Waals surface area contributed by atoms with Gasteiger partial charge in [-0.3, -0.25) is 0 Å². The fourth-order valence-corrected chi connectivity index (χ4v) is 0.510. The molecular weight excluding hydrogens is 204 g/mol. The van der Waals surface area contributed by atoms with E-state index in [0.29, 0.717) is 4.83 Å². The van der Waals surface area contributed by atoms with Gasteiger partial charge in [-0.2, -0.15) is 0 Å². The highest BCUT2D eigenvalue weighted by Gasteiger charge is 1.94. The van der Waals surface area contributed by atoms with Crippen LogP contribution in [-0.4, -0.2) is 41.1 Å². The van der Waals surface area contributed by atoms with Crippen molar-refractivity contribution in [2.45, 2.75) is 31.5 Å². The van der Waals surface area contributed by atoms with Gasteiger partial charge in [0.05, 0.1) is 0 Å². The highest BCUT2D eigenvalue weighted by Crippen LogP contribution is 1.98. The molecule has 0 bridgehead atoms. The number of hydrogen-bond acceptors (Lipinski definition) is 1. The summed E-state index contributed by atoms with van der Waals surface area (Å²) < 4.78 is 4.94. The lowest BCUT2D eigenvalue weighted by molar-refractivity contribution is 0.198. The van der Waals surface area contributed by atoms with Crippen LogP contribution in [-0.2, 0) is 4.74 Å². The average Bonchev–Trinajstić information content (AvgIpc) is 2.11. The Morgan fingerprint density at radius 1 is 1.20 bits per heavy atom. The number of alkyl halides is 1. The summed E-state index contributed by atoms with van der Waals surface area (Å²) in [6, 6.07) is 0. The second-order valence-corrected chi connectivity index (χ2v) is 4.16. The first-order chi connectivity index (χ1) is 4.23. The van der Waals surface area contributed by atoms with Crippen LogP contribution in [0, 0.1) is 0 Å². The summed E-state index contributed by atoms with van der Waals surface area (Å²) in [7, 11) is 0. The Kier molecular flexibility index (Phi) is 14.1. The van der Waals surface area contributed by atoms with E-state index in [-0.39, 0.29) is 23.1 Å². The summed E-state index contributed by atoms with van der Waals surface area (Å²) >= 11 is 3.27. The zero-order valence-corrected chi connectivity index (χ0v) is 7.78. The maximum atomic E-state index is 4.94. The van der Waals surface area contributed by atoms with Gasteiger partial charge in [-0.15, -0.1) is 0 Å². The molecule has 0 unspecified atom stereocenters. The van der Waals surface area contributed by atoms with Crippen molar-refractivity contribution >= 4 is 39.0 Å². The Bertz CT molecular complexity index is 45.2. The molecule has 0 radical (unpaired) electrons. The van der Waals surface area contributed by atoms with Crippen LogP contribution in [0.4, 0.5) is 0 Å². The molecule has 1 saturated heterocycles. The first kappa shape index (κ1) is 13.8. The maximum absolute atomic E-state index is 4.94. The molecule has 1 nitrogen and oxygen atoms in total. The van der Waals surface area contributed by atoms with E-state index in [4.69, 9.17) is 4.74 Å². The van der Waals surface area contributed by atoms with Crippen LogP contribution < -0.4 is 0 Å². The third kappa shape index (κ3) is 16.1. The first-order valence-corrected chi connectivity index (χ1v) is 4.37. The molecule has 0 aromatic carbocycles. The topological polar surface area (TPSA) is 9.23 Å². The maximum Gasteiger partial charge on any atom is 0.316 e. The second-order valence-electron chi connectivity index (χ2n) is 2.33. The summed E-state index contributed by atoms with van der Waals surface area (Å²) in [5, 5.41) is 0. The minimum absolute atomic E-state index is 0. The Morgan fingerprint density at radius 3 is 1.60 bits per heavy atom. The van der Waals surface area contributed by atoms with Crippen LogP contribution in [0.15, 0.2) is 0 Å². The van der Waals surface area contributed by atoms with Gasteiger partial charge in [0.25, 0.3) is 0 Å². The van der Waals surface area contributed by atoms with E-state index in [1.807, 2.05) is 0 Å². The van der Waals surface area contributed by atoms with Gasteiger partial charge < -0.3 is 4.74 Å². The molecule has 0 spiro atoms. The first-order valence-electron chi connectivity index (χ1n) is 3.45. The summed E-state index contributed by atoms with van der Waals surface area (Å²) in [5.41, 5.74) is 0. The molecule has 0 N–H and O–H groups in total. The molecule has 1 rings (SSSR count). The zero-order valence-electron chi connectivity index (χ0n) is 6.19. The van der Waals surface area contributed by atoms with Gasteiger partial charge in [0, 0.05) is 18.0 Å². The van der Waals surface area contributed by atoms with Gasteiger partial charge in [0.1, 0.15) is 0 Å². The molecular formula is C7H17BrMgO. The zero-order chi connectivity index (χ0) is 7.11. The molecule has 60 valence electrons. The summed E-state index contributed by atoms with van der Waals surface area (Å²) in [5.74, 6) is 0. The van der Waals surface area contributed by atoms with E-state index < -0.39 is 0 Å². The van der Waals surface area contributed by atoms with Crippen LogP contribution >= 0.6 is 15.9 Å². The number of halogens is 1. The van der Waals surface area contributed by atoms with Gasteiger partial charge in [-0.25, -0.2) is 0 Å². The van der Waals surface area contributed by atoms with Crippen molar-refractivity contribution in [1.29, 1.82) is 0 Å². The van der Waals surface area contributed by atoms with Crippen molar-refractivity contribution in [3.8, 4) is 0 Å². The lowest BCUT2D eigenvalue weighted by Crippen LogP contribution is -1.74. The summed E-state index contributed by atoms with van der Waals surface area (Å²) in [4.78, 5) is 0.646. The van der Waals surface area contributed by atoms with E-state index in [1.54, 1.807) is 0 Å². The second kappa shape index (κ2) is 10.2. The minimum Gasteiger partial charge on any atom is -0.381 e. The predicted octanol–water partition coefficient (Wildman–Crippen LogP) is 1.67. The van der Waals surface area contributed by atoms with Gasteiger partial charge in [0.2, 0.25) is 0 Å². The molecule has 10 heavy (non-hydrogen) atoms. The van der Waals surface area contributed by atoms with E-state index in [0.717, 1.165) is 13.2 Å². The third-order valence-corrected chi connectivity index (χ3v) is 0.827. The molecule has 0 aromatic heterocycles. The molecule has 0 atom stereocenters. The SMILES string of the molecule is C1CCOC1.CC(C)Br.[MgH2]. The van der Waals surface area contributed by atoms with Crippen molar-refractivity contribution in [3.63, 3.8) is 0 Å². The van der Waals surface area contributed by atoms with Crippen molar-refractivity contribution in [3.05, 3.63) is 0 Å². The number of ether oxygens (including phenoxy) is 1. The molecule has 1 fully saturated rings. The lowest BCUT2D eigenvalue weighted by Gasteiger charge is -1.76. The standard InChI is InChI=1S/C4H8O.C3H7Br.Mg.2H/c1-2-4-5-3-1;1-3(2)4;;;/h1-4H2;3H,1-2H3;;;. The Morgan fingerprint density at radius 2 is 1.50 bits per heavy atom. The van der Waals surface area contributed by atoms with E-state index in [2.05, 4.69) is 29.8 Å². The van der Waals surface area contributed by atoms with Crippen molar-refractivity contribution in [2.75, 3.05) is 13.2 Å². The molecule has 0 aromatic rings. The van der Waals surface area contributed by atoms with Crippen LogP contribution in [0.25, 0.3) is 0 Å². The molecule has 3 heteroatoms. The molecule has 1 aliphatic rings. The van der Waals surface area contributed by atoms with Crippen molar-refractivity contribution in [2.24, 2.45) is 0 Å². The number of rotatable bonds is 0. The van der Waals surface area contributed by atoms with Crippen LogP contribution in [0.5, 0.6) is 0 Å². The molecule has 1 aliphatic heterocycles. The van der Waals surface area contributed by atoms with E-state index >= 15 is 0 Å². The molecule has 0 amide bonds. The normalized spacial score (nSPS) is 15.6. The Balaban J connectivity index is 0. The van der Waals surface area contributed by atoms with Crippen molar-refractivity contribution in [1.82, 2.24) is 0 Å². The lowest BCUT2D eigenvalue weighted by atomic mass is 10.4. The van der Waals surface area contributed by atoms with E-state index in [9.17, 15) is 0 Å². The molecule has 1 heterocycles. The minimum atomic E-state index is 0. The monoisotopic (exact) mass is 220 g/mol. The van der Waals surface area contributed by atoms with Gasteiger partial charge in [-0.05, 0) is 12.8 Å². The average molecular weight is 221 g/mol. The Hall–Kier alpha value is 1.21. The van der Waals surface area contributed by atoms with Gasteiger partial charge in [-0.1, -0.05) is 29.8 Å². The fraction of sp³-hybridized carbons (Fsp3) is 1.00. The van der Waals surface area contributed by atoms with Gasteiger partial charge >= 0.3 is 23.1 Å². The van der Waals surface area contributed by atoms with Crippen molar-refractivity contribution < 1.29 is 4.74 Å². The highest BCUT2D eigenvalue weighted by molar-refractivity contribution is 9.09.